The van der Waals surface area contributed by atoms with Crippen molar-refractivity contribution in [3.63, 3.8) is 0 Å². The summed E-state index contributed by atoms with van der Waals surface area (Å²) in [5.41, 5.74) is -2.47. The van der Waals surface area contributed by atoms with Gasteiger partial charge in [0.25, 0.3) is 0 Å². The first-order chi connectivity index (χ1) is 45.3. The van der Waals surface area contributed by atoms with Crippen LogP contribution in [0.25, 0.3) is 48.1 Å². The summed E-state index contributed by atoms with van der Waals surface area (Å²) < 4.78 is 99.8. The molecule has 6 heterocycles. The molecule has 27 heteroatoms. The summed E-state index contributed by atoms with van der Waals surface area (Å²) in [7, 11) is 0. The number of rotatable bonds is 19. The summed E-state index contributed by atoms with van der Waals surface area (Å²) in [6.45, 7) is 27.9. The van der Waals surface area contributed by atoms with Crippen LogP contribution in [-0.4, -0.2) is 160 Å². The average Bonchev–Trinajstić information content (AvgIpc) is 1.61. The van der Waals surface area contributed by atoms with E-state index in [1.807, 2.05) is 25.7 Å². The third-order valence-electron chi connectivity index (χ3n) is 17.4. The van der Waals surface area contributed by atoms with Crippen LogP contribution in [-0.2, 0) is 28.6 Å². The molecule has 4 aromatic carbocycles. The van der Waals surface area contributed by atoms with E-state index in [1.54, 1.807) is 71.6 Å². The van der Waals surface area contributed by atoms with Crippen LogP contribution in [0.5, 0.6) is 6.01 Å². The molecule has 0 saturated carbocycles. The first kappa shape index (κ1) is 70.8. The molecule has 4 aliphatic rings. The van der Waals surface area contributed by atoms with Crippen LogP contribution in [0.3, 0.4) is 0 Å². The fourth-order valence-electron chi connectivity index (χ4n) is 13.0. The Labute approximate surface area is 562 Å². The first-order valence-corrected chi connectivity index (χ1v) is 33.3. The monoisotopic (exact) mass is 1370 g/mol. The summed E-state index contributed by atoms with van der Waals surface area (Å²) in [5, 5.41) is 19.3. The number of β-amino-alcohol motifs (C(OH)–C–C–N with tert-alkyl or cyclic N) is 1. The highest BCUT2D eigenvalue weighted by molar-refractivity contribution is 7.24. The van der Waals surface area contributed by atoms with E-state index >= 15 is 8.78 Å². The lowest BCUT2D eigenvalue weighted by atomic mass is 9.85. The van der Waals surface area contributed by atoms with E-state index < -0.39 is 105 Å². The fraction of sp³-hybridized carbons (Fsp3) is 0.507. The Morgan fingerprint density at radius 3 is 2.16 bits per heavy atom. The highest BCUT2D eigenvalue weighted by atomic mass is 35.5. The number of carbonyl (C=O) groups is 5. The molecular weight excluding hydrogens is 1290 g/mol. The number of thiophene rings is 1. The molecule has 5 amide bonds. The maximum absolute atomic E-state index is 17.9. The van der Waals surface area contributed by atoms with E-state index in [2.05, 4.69) is 25.7 Å². The molecule has 4 fully saturated rings. The number of halogens is 6. The zero-order chi connectivity index (χ0) is 69.5. The van der Waals surface area contributed by atoms with Gasteiger partial charge >= 0.3 is 18.2 Å². The number of benzene rings is 4. The van der Waals surface area contributed by atoms with Crippen molar-refractivity contribution >= 4 is 90.3 Å². The van der Waals surface area contributed by atoms with Crippen LogP contribution < -0.4 is 25.6 Å². The lowest BCUT2D eigenvalue weighted by Gasteiger charge is -2.42. The van der Waals surface area contributed by atoms with Gasteiger partial charge in [0, 0.05) is 80.1 Å². The molecule has 6 aromatic rings. The number of likely N-dealkylation sites (tertiary alicyclic amines) is 2. The topological polar surface area (TPSA) is 222 Å². The molecule has 4 aliphatic heterocycles. The van der Waals surface area contributed by atoms with Crippen molar-refractivity contribution in [2.45, 2.75) is 168 Å². The van der Waals surface area contributed by atoms with E-state index in [0.717, 1.165) is 36.8 Å². The average molecular weight is 1370 g/mol. The molecule has 2 aromatic heterocycles. The van der Waals surface area contributed by atoms with Crippen LogP contribution in [0.1, 0.15) is 126 Å². The Kier molecular flexibility index (Phi) is 21.1. The highest BCUT2D eigenvalue weighted by Gasteiger charge is 2.47. The van der Waals surface area contributed by atoms with Gasteiger partial charge in [-0.1, -0.05) is 62.7 Å². The zero-order valence-corrected chi connectivity index (χ0v) is 56.8. The van der Waals surface area contributed by atoms with Crippen LogP contribution in [0.2, 0.25) is 5.02 Å². The van der Waals surface area contributed by atoms with E-state index in [-0.39, 0.29) is 110 Å². The maximum atomic E-state index is 17.9. The molecule has 10 rings (SSSR count). The number of carbonyl (C=O) groups excluding carboxylic acids is 5. The molecule has 0 aliphatic carbocycles. The summed E-state index contributed by atoms with van der Waals surface area (Å²) in [6, 6.07) is 7.69. The number of hydrogen-bond acceptors (Lipinski definition) is 15. The second-order valence-electron chi connectivity index (χ2n) is 28.0. The predicted octanol–water partition coefficient (Wildman–Crippen LogP) is 13.0. The van der Waals surface area contributed by atoms with Gasteiger partial charge in [-0.05, 0) is 121 Å². The van der Waals surface area contributed by atoms with Crippen molar-refractivity contribution in [1.29, 1.82) is 0 Å². The van der Waals surface area contributed by atoms with Crippen molar-refractivity contribution in [2.24, 2.45) is 5.41 Å². The number of hydrogen-bond donors (Lipinski definition) is 4. The summed E-state index contributed by atoms with van der Waals surface area (Å²) in [5.74, 6) is -6.01. The van der Waals surface area contributed by atoms with Crippen LogP contribution in [0, 0.1) is 41.1 Å². The van der Waals surface area contributed by atoms with Gasteiger partial charge in [0.05, 0.1) is 52.7 Å². The number of nitrogens with zero attached hydrogens (tertiary/aromatic N) is 7. The van der Waals surface area contributed by atoms with Gasteiger partial charge in [-0.25, -0.2) is 36.4 Å². The molecule has 3 unspecified atom stereocenters. The van der Waals surface area contributed by atoms with Gasteiger partial charge in [0.1, 0.15) is 69.5 Å². The normalized spacial score (nSPS) is 19.8. The molecule has 4 saturated heterocycles. The Bertz CT molecular complexity index is 3970. The smallest absolute Gasteiger partial charge is 0.411 e. The predicted molar refractivity (Wildman–Crippen MR) is 354 cm³/mol. The SMILES string of the molecule is [C-]#[N+]c1c(NC(=O)OC(C)(C)C)sc2c(F)ccc(-c3c(Cl)cc4c(N5CC6CCC(C5)N6C(=O)OC(C)(C)C)nc(OCC5CCCN5CCCOCCC(=O)N[C@H](C(=O)N5C[C@H](O)C[C@H]5C(=O)N[C@@H](C)c5ccc(-c6c(F)cc(F)cc6F)cc5)C(C)(C)C)nc4c3F)c12. The minimum absolute atomic E-state index is 0.000503. The van der Waals surface area contributed by atoms with Crippen LogP contribution >= 0.6 is 22.9 Å². The number of aliphatic hydroxyl groups is 1. The Morgan fingerprint density at radius 2 is 1.51 bits per heavy atom. The van der Waals surface area contributed by atoms with E-state index in [9.17, 15) is 42.3 Å². The van der Waals surface area contributed by atoms with Crippen LogP contribution in [0.4, 0.5) is 48.0 Å². The molecular formula is C69H80ClF5N10O10S. The maximum Gasteiger partial charge on any atom is 0.411 e. The number of fused-ring (bicyclic) bond motifs is 4. The van der Waals surface area contributed by atoms with Crippen molar-refractivity contribution in [2.75, 3.05) is 62.8 Å². The molecule has 20 nitrogen and oxygen atoms in total. The van der Waals surface area contributed by atoms with E-state index in [4.69, 9.17) is 47.1 Å². The molecule has 0 spiro atoms. The third kappa shape index (κ3) is 15.9. The standard InChI is InChI=1S/C69H80ClF5N10O10S/c1-36(37-15-17-38(18-16-37)52-48(73)28-39(71)29-49(52)74)77-61(88)50-30-43(86)34-84(50)63(89)59(67(2,3)4)78-51(87)23-27-92-26-13-25-82-24-12-14-42(82)35-93-64-79-56-45(60(80-64)83-32-40-19-20-41(33-83)85(40)66(91)95-69(8,9)10)31-46(70)53(55(56)75)44-21-22-47(72)58-54(44)57(76-11)62(96-58)81-65(90)94-68(5,6)7/h15-18,21-22,28-29,31,36,40-43,50,59,86H,12-14,19-20,23-27,30,32-35H2,1-10H3,(H,77,88)(H,78,87)(H,81,90)/t36-,40?,41?,42?,43+,50-,59+/m0/s1. The first-order valence-electron chi connectivity index (χ1n) is 32.1. The van der Waals surface area contributed by atoms with E-state index in [1.165, 1.54) is 23.1 Å². The number of amides is 5. The largest absolute Gasteiger partial charge is 0.462 e. The minimum atomic E-state index is -1.08. The second kappa shape index (κ2) is 28.6. The summed E-state index contributed by atoms with van der Waals surface area (Å²) >= 11 is 7.91. The molecule has 7 atom stereocenters. The van der Waals surface area contributed by atoms with Gasteiger partial charge in [0.15, 0.2) is 5.82 Å². The van der Waals surface area contributed by atoms with Crippen molar-refractivity contribution < 1.29 is 70.0 Å². The summed E-state index contributed by atoms with van der Waals surface area (Å²) in [6.07, 6.45) is 1.15. The van der Waals surface area contributed by atoms with E-state index in [0.29, 0.717) is 69.0 Å². The number of piperazine rings is 1. The minimum Gasteiger partial charge on any atom is -0.462 e. The van der Waals surface area contributed by atoms with Crippen molar-refractivity contribution in [1.82, 2.24) is 35.3 Å². The summed E-state index contributed by atoms with van der Waals surface area (Å²) in [4.78, 5) is 88.7. The zero-order valence-electron chi connectivity index (χ0n) is 55.3. The van der Waals surface area contributed by atoms with Gasteiger partial charge < -0.3 is 44.5 Å². The van der Waals surface area contributed by atoms with Gasteiger partial charge in [-0.15, -0.1) is 11.3 Å². The third-order valence-corrected chi connectivity index (χ3v) is 18.8. The van der Waals surface area contributed by atoms with Crippen molar-refractivity contribution in [3.8, 4) is 28.3 Å². The Balaban J connectivity index is 0.782. The molecule has 0 radical (unpaired) electrons. The van der Waals surface area contributed by atoms with Crippen LogP contribution in [0.15, 0.2) is 54.6 Å². The number of aromatic nitrogens is 2. The molecule has 96 heavy (non-hydrogen) atoms. The Hall–Kier alpha value is -7.96. The van der Waals surface area contributed by atoms with Gasteiger partial charge in [0.2, 0.25) is 23.4 Å². The van der Waals surface area contributed by atoms with Crippen molar-refractivity contribution in [3.05, 3.63) is 106 Å². The second-order valence-corrected chi connectivity index (χ2v) is 29.4. The van der Waals surface area contributed by atoms with Gasteiger partial charge in [-0.2, -0.15) is 9.97 Å². The number of aliphatic hydroxyl groups excluding tert-OH is 1. The molecule has 514 valence electrons. The lowest BCUT2D eigenvalue weighted by molar-refractivity contribution is -0.144. The fourth-order valence-corrected chi connectivity index (χ4v) is 14.4. The number of ether oxygens (including phenoxy) is 4. The lowest BCUT2D eigenvalue weighted by Crippen LogP contribution is -2.58. The highest BCUT2D eigenvalue weighted by Crippen LogP contribution is 2.51. The quantitative estimate of drug-likeness (QED) is 0.0337. The van der Waals surface area contributed by atoms with Gasteiger partial charge in [-0.3, -0.25) is 29.5 Å². The number of anilines is 2. The molecule has 4 N–H and O–H groups in total. The molecule has 2 bridgehead atoms. The number of nitrogens with one attached hydrogen (secondary N) is 3. The Morgan fingerprint density at radius 1 is 0.833 bits per heavy atom.